The number of amidine groups is 1. The molecule has 148 valence electrons. The van der Waals surface area contributed by atoms with Crippen LogP contribution in [0.1, 0.15) is 30.7 Å². The number of aliphatic imine (C=N–C) groups is 1. The second kappa shape index (κ2) is 6.33. The van der Waals surface area contributed by atoms with E-state index < -0.39 is 36.6 Å². The Kier molecular flexibility index (Phi) is 4.49. The van der Waals surface area contributed by atoms with Crippen LogP contribution < -0.4 is 5.73 Å². The summed E-state index contributed by atoms with van der Waals surface area (Å²) in [6.07, 6.45) is 1.48. The van der Waals surface area contributed by atoms with Crippen LogP contribution in [-0.4, -0.2) is 29.9 Å². The maximum absolute atomic E-state index is 14.5. The van der Waals surface area contributed by atoms with Crippen molar-refractivity contribution in [1.82, 2.24) is 4.98 Å². The number of halogens is 1. The minimum Gasteiger partial charge on any atom is -0.386 e. The number of nitro benzene ring substituents is 1. The Morgan fingerprint density at radius 2 is 1.93 bits per heavy atom. The summed E-state index contributed by atoms with van der Waals surface area (Å²) in [5, 5.41) is 11.1. The van der Waals surface area contributed by atoms with Crippen LogP contribution in [0.5, 0.6) is 0 Å². The summed E-state index contributed by atoms with van der Waals surface area (Å²) in [6.45, 7) is 4.59. The summed E-state index contributed by atoms with van der Waals surface area (Å²) in [5.74, 6) is -1.62. The monoisotopic (exact) mass is 406 g/mol. The predicted octanol–water partition coefficient (Wildman–Crippen LogP) is 2.35. The van der Waals surface area contributed by atoms with Gasteiger partial charge in [-0.25, -0.2) is 12.8 Å². The highest BCUT2D eigenvalue weighted by molar-refractivity contribution is 7.93. The number of hydrogen-bond acceptors (Lipinski definition) is 7. The Bertz CT molecular complexity index is 1120. The molecule has 0 spiro atoms. The van der Waals surface area contributed by atoms with Gasteiger partial charge in [-0.15, -0.1) is 0 Å². The molecule has 1 aliphatic rings. The number of hydrogen-bond donors (Lipinski definition) is 1. The molecule has 2 aromatic rings. The minimum atomic E-state index is -4.00. The van der Waals surface area contributed by atoms with Crippen molar-refractivity contribution in [3.05, 3.63) is 69.3 Å². The first-order chi connectivity index (χ1) is 12.9. The maximum Gasteiger partial charge on any atom is 0.270 e. The van der Waals surface area contributed by atoms with Crippen LogP contribution in [0.4, 0.5) is 10.1 Å². The average Bonchev–Trinajstić information content (AvgIpc) is 2.59. The normalized spacial score (nSPS) is 26.5. The number of rotatable bonds is 3. The first-order valence-electron chi connectivity index (χ1n) is 8.36. The predicted molar refractivity (Wildman–Crippen MR) is 102 cm³/mol. The minimum absolute atomic E-state index is 0.201. The third kappa shape index (κ3) is 2.93. The fourth-order valence-electron chi connectivity index (χ4n) is 3.34. The van der Waals surface area contributed by atoms with Crippen molar-refractivity contribution >= 4 is 21.4 Å². The van der Waals surface area contributed by atoms with Crippen LogP contribution in [0.25, 0.3) is 0 Å². The van der Waals surface area contributed by atoms with Crippen molar-refractivity contribution in [1.29, 1.82) is 0 Å². The molecule has 2 atom stereocenters. The molecule has 2 heterocycles. The Labute approximate surface area is 161 Å². The molecule has 0 radical (unpaired) electrons. The lowest BCUT2D eigenvalue weighted by molar-refractivity contribution is -0.385. The first kappa shape index (κ1) is 19.9. The zero-order valence-corrected chi connectivity index (χ0v) is 16.3. The summed E-state index contributed by atoms with van der Waals surface area (Å²) in [4.78, 5) is 18.8. The van der Waals surface area contributed by atoms with Gasteiger partial charge in [0.05, 0.1) is 16.4 Å². The van der Waals surface area contributed by atoms with E-state index in [1.165, 1.54) is 20.0 Å². The Balaban J connectivity index is 2.23. The summed E-state index contributed by atoms with van der Waals surface area (Å²) in [6, 6.07) is 6.25. The van der Waals surface area contributed by atoms with Crippen molar-refractivity contribution < 1.29 is 17.7 Å². The number of nitrogens with two attached hydrogens (primary N) is 1. The lowest BCUT2D eigenvalue weighted by Gasteiger charge is -2.39. The van der Waals surface area contributed by atoms with Crippen LogP contribution >= 0.6 is 0 Å². The third-order valence-corrected chi connectivity index (χ3v) is 7.70. The molecule has 2 N–H and O–H groups in total. The van der Waals surface area contributed by atoms with E-state index in [-0.39, 0.29) is 22.8 Å². The van der Waals surface area contributed by atoms with Crippen LogP contribution in [0.3, 0.4) is 0 Å². The zero-order chi connectivity index (χ0) is 20.9. The molecule has 0 aliphatic carbocycles. The van der Waals surface area contributed by atoms with E-state index in [4.69, 9.17) is 5.73 Å². The quantitative estimate of drug-likeness (QED) is 0.615. The van der Waals surface area contributed by atoms with Crippen molar-refractivity contribution in [3.63, 3.8) is 0 Å². The van der Waals surface area contributed by atoms with E-state index in [1.807, 2.05) is 0 Å². The summed E-state index contributed by atoms with van der Waals surface area (Å²) in [5.41, 5.74) is 4.95. The van der Waals surface area contributed by atoms with Gasteiger partial charge in [-0.1, -0.05) is 0 Å². The molecule has 0 bridgehead atoms. The molecular formula is C18H19FN4O4S. The number of nitrogens with zero attached hydrogens (tertiary/aromatic N) is 3. The molecule has 0 saturated carbocycles. The molecule has 3 rings (SSSR count). The fourth-order valence-corrected chi connectivity index (χ4v) is 5.39. The largest absolute Gasteiger partial charge is 0.386 e. The maximum atomic E-state index is 14.5. The molecular weight excluding hydrogens is 387 g/mol. The van der Waals surface area contributed by atoms with Gasteiger partial charge in [0.1, 0.15) is 17.2 Å². The Morgan fingerprint density at radius 1 is 1.25 bits per heavy atom. The van der Waals surface area contributed by atoms with Crippen LogP contribution in [-0.2, 0) is 20.1 Å². The van der Waals surface area contributed by atoms with E-state index in [9.17, 15) is 22.9 Å². The lowest BCUT2D eigenvalue weighted by Crippen LogP contribution is -2.55. The molecule has 0 fully saturated rings. The van der Waals surface area contributed by atoms with Crippen molar-refractivity contribution in [3.8, 4) is 0 Å². The molecule has 1 aromatic carbocycles. The molecule has 8 nitrogen and oxygen atoms in total. The molecule has 1 aromatic heterocycles. The fraction of sp³-hybridized carbons (Fsp3) is 0.333. The molecule has 0 saturated heterocycles. The van der Waals surface area contributed by atoms with Crippen molar-refractivity contribution in [2.24, 2.45) is 10.7 Å². The van der Waals surface area contributed by atoms with E-state index in [0.29, 0.717) is 0 Å². The van der Waals surface area contributed by atoms with E-state index in [1.54, 1.807) is 19.1 Å². The third-order valence-electron chi connectivity index (χ3n) is 5.09. The van der Waals surface area contributed by atoms with Crippen LogP contribution in [0.15, 0.2) is 41.5 Å². The van der Waals surface area contributed by atoms with E-state index in [2.05, 4.69) is 9.98 Å². The smallest absolute Gasteiger partial charge is 0.270 e. The molecule has 0 unspecified atom stereocenters. The van der Waals surface area contributed by atoms with Gasteiger partial charge in [-0.05, 0) is 44.5 Å². The average molecular weight is 406 g/mol. The Morgan fingerprint density at radius 3 is 2.50 bits per heavy atom. The van der Waals surface area contributed by atoms with Gasteiger partial charge in [0.2, 0.25) is 0 Å². The molecule has 28 heavy (non-hydrogen) atoms. The van der Waals surface area contributed by atoms with Gasteiger partial charge in [0, 0.05) is 23.9 Å². The van der Waals surface area contributed by atoms with Gasteiger partial charge in [0.25, 0.3) is 5.69 Å². The van der Waals surface area contributed by atoms with Crippen LogP contribution in [0.2, 0.25) is 0 Å². The molecule has 1 aliphatic heterocycles. The molecule has 0 amide bonds. The number of aromatic nitrogens is 1. The summed E-state index contributed by atoms with van der Waals surface area (Å²) in [7, 11) is -4.00. The number of pyridine rings is 1. The lowest BCUT2D eigenvalue weighted by atomic mass is 9.92. The topological polar surface area (TPSA) is 129 Å². The van der Waals surface area contributed by atoms with Gasteiger partial charge in [-0.2, -0.15) is 0 Å². The van der Waals surface area contributed by atoms with Gasteiger partial charge in [-0.3, -0.25) is 20.1 Å². The molecule has 10 heteroatoms. The van der Waals surface area contributed by atoms with Crippen LogP contribution in [0, 0.1) is 22.9 Å². The number of benzene rings is 1. The van der Waals surface area contributed by atoms with Gasteiger partial charge < -0.3 is 5.73 Å². The highest BCUT2D eigenvalue weighted by Gasteiger charge is 2.54. The number of sulfone groups is 1. The first-order valence-corrected chi connectivity index (χ1v) is 10.0. The SMILES string of the molecule is Cc1ccnc([C@@]2(C)C(N)=N[C@](C)(c3cc([N+](=O)[O-])ccc3F)CS2(=O)=O)c1. The van der Waals surface area contributed by atoms with Gasteiger partial charge >= 0.3 is 0 Å². The zero-order valence-electron chi connectivity index (χ0n) is 15.5. The van der Waals surface area contributed by atoms with Gasteiger partial charge in [0.15, 0.2) is 14.6 Å². The van der Waals surface area contributed by atoms with Crippen molar-refractivity contribution in [2.45, 2.75) is 31.1 Å². The number of aryl methyl sites for hydroxylation is 1. The standard InChI is InChI=1S/C18H19FN4O4S/c1-11-6-7-21-15(8-11)18(3)16(20)22-17(2,10-28(18,26)27)13-9-12(23(24)25)4-5-14(13)19/h4-9H,10H2,1-3H3,(H2,20,22)/t17-,18-/m0/s1. The number of non-ortho nitro benzene ring substituents is 1. The number of nitro groups is 1. The second-order valence-electron chi connectivity index (χ2n) is 7.20. The Hall–Kier alpha value is -2.88. The second-order valence-corrected chi connectivity index (χ2v) is 9.54. The summed E-state index contributed by atoms with van der Waals surface area (Å²) < 4.78 is 39.4. The van der Waals surface area contributed by atoms with E-state index >= 15 is 0 Å². The highest BCUT2D eigenvalue weighted by atomic mass is 32.2. The summed E-state index contributed by atoms with van der Waals surface area (Å²) >= 11 is 0. The van der Waals surface area contributed by atoms with Crippen molar-refractivity contribution in [2.75, 3.05) is 5.75 Å². The highest BCUT2D eigenvalue weighted by Crippen LogP contribution is 2.42. The van der Waals surface area contributed by atoms with E-state index in [0.717, 1.165) is 23.8 Å².